The molecule has 0 unspecified atom stereocenters. The van der Waals surface area contributed by atoms with Gasteiger partial charge in [-0.25, -0.2) is 0 Å². The maximum absolute atomic E-state index is 12.7. The Morgan fingerprint density at radius 2 is 1.68 bits per heavy atom. The van der Waals surface area contributed by atoms with E-state index in [2.05, 4.69) is 50.3 Å². The van der Waals surface area contributed by atoms with Gasteiger partial charge in [0.2, 0.25) is 23.3 Å². The molecule has 31 heavy (non-hydrogen) atoms. The average molecular weight is 418 g/mol. The number of imidazole rings is 1. The van der Waals surface area contributed by atoms with Crippen molar-refractivity contribution in [3.05, 3.63) is 66.1 Å². The van der Waals surface area contributed by atoms with Crippen LogP contribution in [-0.4, -0.2) is 25.2 Å². The lowest BCUT2D eigenvalue weighted by Gasteiger charge is -2.03. The number of hydrogen-bond acceptors (Lipinski definition) is 4. The minimum atomic E-state index is -0.134. The zero-order valence-electron chi connectivity index (χ0n) is 18.0. The zero-order chi connectivity index (χ0) is 21.6. The van der Waals surface area contributed by atoms with Gasteiger partial charge in [0, 0.05) is 31.5 Å². The van der Waals surface area contributed by atoms with Crippen LogP contribution in [0, 0.1) is 0 Å². The molecule has 4 aromatic rings. The molecule has 2 aromatic carbocycles. The van der Waals surface area contributed by atoms with Gasteiger partial charge in [0.05, 0.1) is 11.0 Å². The first-order chi connectivity index (χ1) is 15.2. The average Bonchev–Trinajstić information content (AvgIpc) is 3.38. The van der Waals surface area contributed by atoms with Gasteiger partial charge in [0.25, 0.3) is 0 Å². The highest BCUT2D eigenvalue weighted by Gasteiger charge is 2.12. The lowest BCUT2D eigenvalue weighted by Crippen LogP contribution is -2.27. The summed E-state index contributed by atoms with van der Waals surface area (Å²) in [5.74, 6) is 0.903. The molecule has 0 saturated heterocycles. The molecule has 0 aliphatic heterocycles. The summed E-state index contributed by atoms with van der Waals surface area (Å²) in [7, 11) is 0. The summed E-state index contributed by atoms with van der Waals surface area (Å²) in [5.41, 5.74) is 3.82. The van der Waals surface area contributed by atoms with Crippen molar-refractivity contribution in [2.75, 3.05) is 0 Å². The molecule has 0 N–H and O–H groups in total. The second-order valence-electron chi connectivity index (χ2n) is 7.41. The van der Waals surface area contributed by atoms with Crippen molar-refractivity contribution in [2.24, 2.45) is 4.99 Å². The third-order valence-electron chi connectivity index (χ3n) is 5.20. The number of carbonyl (C=O) groups is 1. The molecular weight excluding hydrogens is 390 g/mol. The fraction of sp³-hybridized carbons (Fsp3) is 0.333. The van der Waals surface area contributed by atoms with Crippen LogP contribution < -0.4 is 5.62 Å². The highest BCUT2D eigenvalue weighted by molar-refractivity contribution is 5.79. The van der Waals surface area contributed by atoms with E-state index < -0.39 is 0 Å². The SMILES string of the molecule is CCCn1c(=NC(=O)CCCc2nnc(-c3ccccc3)o2)n(CC)c2ccccc21. The van der Waals surface area contributed by atoms with Crippen LogP contribution in [0.4, 0.5) is 0 Å². The molecule has 7 heteroatoms. The van der Waals surface area contributed by atoms with E-state index in [1.54, 1.807) is 0 Å². The Kier molecular flexibility index (Phi) is 6.40. The molecule has 160 valence electrons. The largest absolute Gasteiger partial charge is 0.421 e. The number of aryl methyl sites for hydroxylation is 3. The highest BCUT2D eigenvalue weighted by atomic mass is 16.4. The first-order valence-corrected chi connectivity index (χ1v) is 10.8. The molecule has 0 radical (unpaired) electrons. The van der Waals surface area contributed by atoms with Gasteiger partial charge in [-0.15, -0.1) is 10.2 Å². The molecule has 0 saturated carbocycles. The topological polar surface area (TPSA) is 78.2 Å². The van der Waals surface area contributed by atoms with Crippen LogP contribution in [0.25, 0.3) is 22.5 Å². The van der Waals surface area contributed by atoms with Crippen molar-refractivity contribution in [1.29, 1.82) is 0 Å². The summed E-state index contributed by atoms with van der Waals surface area (Å²) in [6.45, 7) is 5.79. The number of hydrogen-bond donors (Lipinski definition) is 0. The van der Waals surface area contributed by atoms with E-state index in [9.17, 15) is 4.79 Å². The Labute approximate surface area is 181 Å². The maximum Gasteiger partial charge on any atom is 0.248 e. The van der Waals surface area contributed by atoms with Crippen LogP contribution >= 0.6 is 0 Å². The first-order valence-electron chi connectivity index (χ1n) is 10.8. The molecule has 2 heterocycles. The van der Waals surface area contributed by atoms with E-state index in [0.717, 1.165) is 41.7 Å². The van der Waals surface area contributed by atoms with Gasteiger partial charge in [-0.2, -0.15) is 4.99 Å². The van der Waals surface area contributed by atoms with Gasteiger partial charge < -0.3 is 13.6 Å². The van der Waals surface area contributed by atoms with E-state index >= 15 is 0 Å². The van der Waals surface area contributed by atoms with Crippen LogP contribution in [0.15, 0.2) is 64.0 Å². The molecule has 0 bridgehead atoms. The van der Waals surface area contributed by atoms with E-state index in [1.165, 1.54) is 0 Å². The predicted octanol–water partition coefficient (Wildman–Crippen LogP) is 4.37. The Balaban J connectivity index is 1.48. The van der Waals surface area contributed by atoms with Crippen molar-refractivity contribution in [1.82, 2.24) is 19.3 Å². The maximum atomic E-state index is 12.7. The summed E-state index contributed by atoms with van der Waals surface area (Å²) >= 11 is 0. The van der Waals surface area contributed by atoms with Crippen LogP contribution in [0.1, 0.15) is 39.0 Å². The second kappa shape index (κ2) is 9.55. The van der Waals surface area contributed by atoms with Crippen LogP contribution in [0.2, 0.25) is 0 Å². The first kappa shape index (κ1) is 20.8. The molecule has 4 rings (SSSR count). The predicted molar refractivity (Wildman–Crippen MR) is 119 cm³/mol. The summed E-state index contributed by atoms with van der Waals surface area (Å²) < 4.78 is 9.97. The van der Waals surface area contributed by atoms with Crippen molar-refractivity contribution >= 4 is 16.9 Å². The summed E-state index contributed by atoms with van der Waals surface area (Å²) in [4.78, 5) is 17.2. The smallest absolute Gasteiger partial charge is 0.248 e. The molecule has 1 amide bonds. The number of para-hydroxylation sites is 2. The fourth-order valence-corrected chi connectivity index (χ4v) is 3.77. The van der Waals surface area contributed by atoms with E-state index in [1.807, 2.05) is 42.5 Å². The third kappa shape index (κ3) is 4.50. The molecule has 0 aliphatic rings. The quantitative estimate of drug-likeness (QED) is 0.426. The van der Waals surface area contributed by atoms with Gasteiger partial charge in [-0.05, 0) is 44.0 Å². The fourth-order valence-electron chi connectivity index (χ4n) is 3.77. The van der Waals surface area contributed by atoms with Gasteiger partial charge in [-0.3, -0.25) is 4.79 Å². The Bertz CT molecular complexity index is 1230. The van der Waals surface area contributed by atoms with Crippen molar-refractivity contribution in [2.45, 2.75) is 52.6 Å². The van der Waals surface area contributed by atoms with Crippen molar-refractivity contribution < 1.29 is 9.21 Å². The van der Waals surface area contributed by atoms with E-state index in [-0.39, 0.29) is 5.91 Å². The zero-order valence-corrected chi connectivity index (χ0v) is 18.0. The van der Waals surface area contributed by atoms with Gasteiger partial charge >= 0.3 is 0 Å². The molecule has 2 aromatic heterocycles. The molecule has 0 aliphatic carbocycles. The molecule has 0 spiro atoms. The monoisotopic (exact) mass is 417 g/mol. The standard InChI is InChI=1S/C24H27N5O2/c1-3-17-29-20-14-9-8-13-19(20)28(4-2)24(29)25-21(30)15-10-16-22-26-27-23(31-22)18-11-6-5-7-12-18/h5-9,11-14H,3-4,10,15-17H2,1-2H3. The van der Waals surface area contributed by atoms with E-state index in [4.69, 9.17) is 4.42 Å². The molecule has 0 fully saturated rings. The Morgan fingerprint density at radius 1 is 0.968 bits per heavy atom. The second-order valence-corrected chi connectivity index (χ2v) is 7.41. The summed E-state index contributed by atoms with van der Waals surface area (Å²) in [5, 5.41) is 8.20. The van der Waals surface area contributed by atoms with Crippen LogP contribution in [0.5, 0.6) is 0 Å². The van der Waals surface area contributed by atoms with Gasteiger partial charge in [0.1, 0.15) is 0 Å². The van der Waals surface area contributed by atoms with Crippen LogP contribution in [0.3, 0.4) is 0 Å². The van der Waals surface area contributed by atoms with Crippen molar-refractivity contribution in [3.8, 4) is 11.5 Å². The number of fused-ring (bicyclic) bond motifs is 1. The minimum absolute atomic E-state index is 0.134. The molecule has 7 nitrogen and oxygen atoms in total. The number of benzene rings is 2. The van der Waals surface area contributed by atoms with E-state index in [0.29, 0.717) is 31.0 Å². The van der Waals surface area contributed by atoms with Gasteiger partial charge in [0.15, 0.2) is 0 Å². The number of rotatable bonds is 8. The summed E-state index contributed by atoms with van der Waals surface area (Å²) in [6, 6.07) is 17.9. The molecule has 0 atom stereocenters. The lowest BCUT2D eigenvalue weighted by atomic mass is 10.2. The third-order valence-corrected chi connectivity index (χ3v) is 5.20. The highest BCUT2D eigenvalue weighted by Crippen LogP contribution is 2.18. The molecular formula is C24H27N5O2. The minimum Gasteiger partial charge on any atom is -0.421 e. The van der Waals surface area contributed by atoms with Crippen LogP contribution in [-0.2, 0) is 24.3 Å². The number of aromatic nitrogens is 4. The Morgan fingerprint density at radius 3 is 2.39 bits per heavy atom. The summed E-state index contributed by atoms with van der Waals surface area (Å²) in [6.07, 6.45) is 2.46. The van der Waals surface area contributed by atoms with Gasteiger partial charge in [-0.1, -0.05) is 37.3 Å². The number of amides is 1. The normalized spacial score (nSPS) is 12.0. The lowest BCUT2D eigenvalue weighted by molar-refractivity contribution is -0.118. The number of nitrogens with zero attached hydrogens (tertiary/aromatic N) is 5. The Hall–Kier alpha value is -3.48. The number of carbonyl (C=O) groups excluding carboxylic acids is 1. The van der Waals surface area contributed by atoms with Crippen molar-refractivity contribution in [3.63, 3.8) is 0 Å².